The Hall–Kier alpha value is -2.32. The van der Waals surface area contributed by atoms with Crippen molar-refractivity contribution in [2.24, 2.45) is 0 Å². The molecular formula is C16H21N3O2. The van der Waals surface area contributed by atoms with E-state index in [4.69, 9.17) is 6.42 Å². The lowest BCUT2D eigenvalue weighted by Crippen LogP contribution is -2.40. The highest BCUT2D eigenvalue weighted by Crippen LogP contribution is 2.10. The summed E-state index contributed by atoms with van der Waals surface area (Å²) in [6, 6.07) is 6.73. The minimum absolute atomic E-state index is 0.143. The van der Waals surface area contributed by atoms with Gasteiger partial charge in [0.15, 0.2) is 0 Å². The Labute approximate surface area is 125 Å². The van der Waals surface area contributed by atoms with Gasteiger partial charge in [-0.1, -0.05) is 5.92 Å². The summed E-state index contributed by atoms with van der Waals surface area (Å²) in [5.74, 6) is 2.06. The Morgan fingerprint density at radius 3 is 2.33 bits per heavy atom. The van der Waals surface area contributed by atoms with E-state index in [0.29, 0.717) is 17.8 Å². The van der Waals surface area contributed by atoms with Gasteiger partial charge in [-0.3, -0.25) is 14.9 Å². The van der Waals surface area contributed by atoms with Gasteiger partial charge in [-0.05, 0) is 45.0 Å². The molecule has 1 rings (SSSR count). The van der Waals surface area contributed by atoms with E-state index in [1.807, 2.05) is 20.8 Å². The fourth-order valence-electron chi connectivity index (χ4n) is 1.57. The van der Waals surface area contributed by atoms with Crippen LogP contribution in [0.4, 0.5) is 5.69 Å². The zero-order chi connectivity index (χ0) is 15.9. The molecule has 0 atom stereocenters. The van der Waals surface area contributed by atoms with Crippen molar-refractivity contribution in [1.29, 1.82) is 0 Å². The molecule has 0 aliphatic rings. The number of terminal acetylenes is 1. The molecule has 5 nitrogen and oxygen atoms in total. The molecule has 2 amide bonds. The second-order valence-corrected chi connectivity index (χ2v) is 5.64. The highest BCUT2D eigenvalue weighted by molar-refractivity contribution is 5.96. The van der Waals surface area contributed by atoms with Crippen LogP contribution >= 0.6 is 0 Å². The number of anilines is 1. The lowest BCUT2D eigenvalue weighted by Gasteiger charge is -2.20. The second kappa shape index (κ2) is 7.46. The first kappa shape index (κ1) is 16.7. The molecule has 112 valence electrons. The van der Waals surface area contributed by atoms with Gasteiger partial charge in [0.25, 0.3) is 5.91 Å². The number of hydrogen-bond acceptors (Lipinski definition) is 3. The van der Waals surface area contributed by atoms with Gasteiger partial charge in [0, 0.05) is 16.8 Å². The molecule has 21 heavy (non-hydrogen) atoms. The van der Waals surface area contributed by atoms with E-state index < -0.39 is 0 Å². The third-order valence-electron chi connectivity index (χ3n) is 2.43. The topological polar surface area (TPSA) is 70.2 Å². The van der Waals surface area contributed by atoms with Crippen molar-refractivity contribution in [3.63, 3.8) is 0 Å². The molecule has 3 N–H and O–H groups in total. The quantitative estimate of drug-likeness (QED) is 0.566. The number of nitrogens with one attached hydrogen (secondary N) is 3. The standard InChI is InChI=1S/C16H21N3O2/c1-5-10-17-11-14(20)18-13-8-6-12(7-9-13)15(21)19-16(2,3)4/h1,6-9,17H,10-11H2,2-4H3,(H,18,20)(H,19,21). The van der Waals surface area contributed by atoms with E-state index >= 15 is 0 Å². The number of amides is 2. The Kier molecular flexibility index (Phi) is 5.94. The molecule has 1 aromatic carbocycles. The summed E-state index contributed by atoms with van der Waals surface area (Å²) in [7, 11) is 0. The Balaban J connectivity index is 2.56. The zero-order valence-electron chi connectivity index (χ0n) is 12.6. The summed E-state index contributed by atoms with van der Waals surface area (Å²) in [6.45, 7) is 6.25. The summed E-state index contributed by atoms with van der Waals surface area (Å²) in [6.07, 6.45) is 5.07. The first-order chi connectivity index (χ1) is 9.81. The van der Waals surface area contributed by atoms with E-state index in [1.165, 1.54) is 0 Å². The lowest BCUT2D eigenvalue weighted by atomic mass is 10.1. The molecule has 0 bridgehead atoms. The maximum Gasteiger partial charge on any atom is 0.251 e. The van der Waals surface area contributed by atoms with Gasteiger partial charge < -0.3 is 10.6 Å². The van der Waals surface area contributed by atoms with Crippen LogP contribution < -0.4 is 16.0 Å². The van der Waals surface area contributed by atoms with Crippen LogP contribution in [0.25, 0.3) is 0 Å². The van der Waals surface area contributed by atoms with E-state index in [2.05, 4.69) is 21.9 Å². The van der Waals surface area contributed by atoms with Crippen molar-refractivity contribution < 1.29 is 9.59 Å². The first-order valence-corrected chi connectivity index (χ1v) is 6.68. The third-order valence-corrected chi connectivity index (χ3v) is 2.43. The summed E-state index contributed by atoms with van der Waals surface area (Å²) in [5, 5.41) is 8.39. The molecule has 0 heterocycles. The van der Waals surface area contributed by atoms with Crippen LogP contribution in [0.1, 0.15) is 31.1 Å². The third kappa shape index (κ3) is 6.59. The molecule has 0 spiro atoms. The van der Waals surface area contributed by atoms with Crippen LogP contribution in [0, 0.1) is 12.3 Å². The lowest BCUT2D eigenvalue weighted by molar-refractivity contribution is -0.115. The van der Waals surface area contributed by atoms with Crippen LogP contribution in [0.15, 0.2) is 24.3 Å². The molecular weight excluding hydrogens is 266 g/mol. The molecule has 0 aliphatic heterocycles. The molecule has 0 fully saturated rings. The Morgan fingerprint density at radius 2 is 1.81 bits per heavy atom. The molecule has 0 saturated carbocycles. The molecule has 1 aromatic rings. The largest absolute Gasteiger partial charge is 0.347 e. The van der Waals surface area contributed by atoms with Crippen LogP contribution in [0.3, 0.4) is 0 Å². The number of rotatable bonds is 5. The van der Waals surface area contributed by atoms with Crippen molar-refractivity contribution in [3.05, 3.63) is 29.8 Å². The molecule has 0 aliphatic carbocycles. The van der Waals surface area contributed by atoms with Crippen molar-refractivity contribution >= 4 is 17.5 Å². The Bertz CT molecular complexity index is 536. The predicted molar refractivity (Wildman–Crippen MR) is 84.0 cm³/mol. The SMILES string of the molecule is C#CCNCC(=O)Nc1ccc(C(=O)NC(C)(C)C)cc1. The van der Waals surface area contributed by atoms with Crippen LogP contribution in [-0.2, 0) is 4.79 Å². The van der Waals surface area contributed by atoms with Gasteiger partial charge in [-0.15, -0.1) is 6.42 Å². The number of carbonyl (C=O) groups is 2. The zero-order valence-corrected chi connectivity index (χ0v) is 12.6. The normalized spacial score (nSPS) is 10.6. The van der Waals surface area contributed by atoms with Crippen molar-refractivity contribution in [3.8, 4) is 12.3 Å². The van der Waals surface area contributed by atoms with E-state index in [0.717, 1.165) is 0 Å². The average Bonchev–Trinajstić information content (AvgIpc) is 2.38. The van der Waals surface area contributed by atoms with Gasteiger partial charge in [-0.25, -0.2) is 0 Å². The second-order valence-electron chi connectivity index (χ2n) is 5.64. The maximum absolute atomic E-state index is 11.9. The van der Waals surface area contributed by atoms with Crippen molar-refractivity contribution in [2.45, 2.75) is 26.3 Å². The van der Waals surface area contributed by atoms with Crippen LogP contribution in [0.5, 0.6) is 0 Å². The summed E-state index contributed by atoms with van der Waals surface area (Å²) < 4.78 is 0. The average molecular weight is 287 g/mol. The van der Waals surface area contributed by atoms with E-state index in [9.17, 15) is 9.59 Å². The molecule has 0 radical (unpaired) electrons. The monoisotopic (exact) mass is 287 g/mol. The fourth-order valence-corrected chi connectivity index (χ4v) is 1.57. The minimum atomic E-state index is -0.285. The van der Waals surface area contributed by atoms with Crippen molar-refractivity contribution in [1.82, 2.24) is 10.6 Å². The van der Waals surface area contributed by atoms with Crippen LogP contribution in [0.2, 0.25) is 0 Å². The number of benzene rings is 1. The predicted octanol–water partition coefficient (Wildman–Crippen LogP) is 1.38. The van der Waals surface area contributed by atoms with Gasteiger partial charge in [-0.2, -0.15) is 0 Å². The van der Waals surface area contributed by atoms with E-state index in [-0.39, 0.29) is 23.9 Å². The van der Waals surface area contributed by atoms with Gasteiger partial charge in [0.1, 0.15) is 0 Å². The van der Waals surface area contributed by atoms with Crippen LogP contribution in [-0.4, -0.2) is 30.4 Å². The molecule has 0 saturated heterocycles. The molecule has 5 heteroatoms. The van der Waals surface area contributed by atoms with Gasteiger partial charge in [0.05, 0.1) is 13.1 Å². The van der Waals surface area contributed by atoms with Gasteiger partial charge in [0.2, 0.25) is 5.91 Å². The number of hydrogen-bond donors (Lipinski definition) is 3. The highest BCUT2D eigenvalue weighted by atomic mass is 16.2. The van der Waals surface area contributed by atoms with Gasteiger partial charge >= 0.3 is 0 Å². The summed E-state index contributed by atoms with van der Waals surface area (Å²) in [4.78, 5) is 23.5. The fraction of sp³-hybridized carbons (Fsp3) is 0.375. The first-order valence-electron chi connectivity index (χ1n) is 6.68. The Morgan fingerprint density at radius 1 is 1.19 bits per heavy atom. The maximum atomic E-state index is 11.9. The smallest absolute Gasteiger partial charge is 0.251 e. The molecule has 0 unspecified atom stereocenters. The number of carbonyl (C=O) groups excluding carboxylic acids is 2. The highest BCUT2D eigenvalue weighted by Gasteiger charge is 2.15. The van der Waals surface area contributed by atoms with Crippen molar-refractivity contribution in [2.75, 3.05) is 18.4 Å². The van der Waals surface area contributed by atoms with E-state index in [1.54, 1.807) is 24.3 Å². The molecule has 0 aromatic heterocycles. The minimum Gasteiger partial charge on any atom is -0.347 e. The summed E-state index contributed by atoms with van der Waals surface area (Å²) >= 11 is 0. The summed E-state index contributed by atoms with van der Waals surface area (Å²) in [5.41, 5.74) is 0.898.